The van der Waals surface area contributed by atoms with Gasteiger partial charge >= 0.3 is 5.97 Å². The van der Waals surface area contributed by atoms with E-state index in [1.807, 2.05) is 6.92 Å². The number of nitrogens with zero attached hydrogens (tertiary/aromatic N) is 1. The fourth-order valence-corrected chi connectivity index (χ4v) is 4.01. The van der Waals surface area contributed by atoms with Crippen LogP contribution in [0.1, 0.15) is 32.6 Å². The molecule has 2 bridgehead atoms. The average Bonchev–Trinajstić information content (AvgIpc) is 2.56. The summed E-state index contributed by atoms with van der Waals surface area (Å²) < 4.78 is 4.99. The van der Waals surface area contributed by atoms with Crippen molar-refractivity contribution in [2.75, 3.05) is 26.2 Å². The Hall–Kier alpha value is -0.610. The standard InChI is InChI=1S/C13H22N2O2/c1-2-17-12(16)7-15-8-13(9-15)5-10-3-4-11(6-13)14-10/h10-11,14H,2-9H2,1H3/t10-,11+. The van der Waals surface area contributed by atoms with Gasteiger partial charge in [-0.3, -0.25) is 9.69 Å². The van der Waals surface area contributed by atoms with E-state index in [0.717, 1.165) is 25.2 Å². The summed E-state index contributed by atoms with van der Waals surface area (Å²) in [6, 6.07) is 1.50. The Morgan fingerprint density at radius 2 is 2.00 bits per heavy atom. The van der Waals surface area contributed by atoms with Gasteiger partial charge in [-0.2, -0.15) is 0 Å². The molecule has 0 aliphatic carbocycles. The Kier molecular flexibility index (Phi) is 2.87. The normalized spacial score (nSPS) is 34.6. The van der Waals surface area contributed by atoms with Gasteiger partial charge in [0.1, 0.15) is 0 Å². The molecule has 1 N–H and O–H groups in total. The van der Waals surface area contributed by atoms with Gasteiger partial charge in [0, 0.05) is 25.2 Å². The van der Waals surface area contributed by atoms with E-state index < -0.39 is 0 Å². The van der Waals surface area contributed by atoms with E-state index in [2.05, 4.69) is 10.2 Å². The van der Waals surface area contributed by atoms with Crippen molar-refractivity contribution in [1.82, 2.24) is 10.2 Å². The topological polar surface area (TPSA) is 41.6 Å². The lowest BCUT2D eigenvalue weighted by atomic mass is 9.70. The molecule has 3 heterocycles. The molecule has 0 amide bonds. The van der Waals surface area contributed by atoms with Gasteiger partial charge in [-0.15, -0.1) is 0 Å². The van der Waals surface area contributed by atoms with Crippen molar-refractivity contribution < 1.29 is 9.53 Å². The molecular weight excluding hydrogens is 216 g/mol. The highest BCUT2D eigenvalue weighted by Gasteiger charge is 2.50. The number of hydrogen-bond donors (Lipinski definition) is 1. The van der Waals surface area contributed by atoms with Crippen LogP contribution in [-0.2, 0) is 9.53 Å². The van der Waals surface area contributed by atoms with Crippen molar-refractivity contribution in [3.05, 3.63) is 0 Å². The van der Waals surface area contributed by atoms with E-state index in [0.29, 0.717) is 18.6 Å². The fourth-order valence-electron chi connectivity index (χ4n) is 4.01. The second-order valence-electron chi connectivity index (χ2n) is 6.00. The van der Waals surface area contributed by atoms with Crippen LogP contribution in [-0.4, -0.2) is 49.2 Å². The van der Waals surface area contributed by atoms with Crippen LogP contribution < -0.4 is 5.32 Å². The molecule has 0 aromatic rings. The number of rotatable bonds is 3. The number of carbonyl (C=O) groups excluding carboxylic acids is 1. The molecule has 3 rings (SSSR count). The second-order valence-corrected chi connectivity index (χ2v) is 6.00. The van der Waals surface area contributed by atoms with Crippen LogP contribution in [0.5, 0.6) is 0 Å². The summed E-state index contributed by atoms with van der Waals surface area (Å²) in [5.74, 6) is -0.0701. The van der Waals surface area contributed by atoms with Crippen LogP contribution in [0.4, 0.5) is 0 Å². The van der Waals surface area contributed by atoms with Crippen LogP contribution >= 0.6 is 0 Å². The molecule has 96 valence electrons. The second kappa shape index (κ2) is 4.25. The van der Waals surface area contributed by atoms with Gasteiger partial charge in [-0.1, -0.05) is 0 Å². The maximum absolute atomic E-state index is 11.4. The molecule has 1 spiro atoms. The number of esters is 1. The van der Waals surface area contributed by atoms with Crippen molar-refractivity contribution in [3.63, 3.8) is 0 Å². The van der Waals surface area contributed by atoms with Crippen molar-refractivity contribution >= 4 is 5.97 Å². The van der Waals surface area contributed by atoms with Gasteiger partial charge in [0.05, 0.1) is 13.2 Å². The summed E-state index contributed by atoms with van der Waals surface area (Å²) in [7, 11) is 0. The first-order valence-electron chi connectivity index (χ1n) is 6.83. The van der Waals surface area contributed by atoms with Crippen LogP contribution in [0.3, 0.4) is 0 Å². The smallest absolute Gasteiger partial charge is 0.320 e. The third-order valence-electron chi connectivity index (χ3n) is 4.47. The molecule has 0 aromatic carbocycles. The Morgan fingerprint density at radius 1 is 1.35 bits per heavy atom. The molecule has 2 atom stereocenters. The molecule has 4 heteroatoms. The average molecular weight is 238 g/mol. The highest BCUT2D eigenvalue weighted by Crippen LogP contribution is 2.46. The zero-order valence-corrected chi connectivity index (χ0v) is 10.6. The molecule has 17 heavy (non-hydrogen) atoms. The van der Waals surface area contributed by atoms with E-state index in [4.69, 9.17) is 4.74 Å². The van der Waals surface area contributed by atoms with Gasteiger partial charge < -0.3 is 10.1 Å². The minimum Gasteiger partial charge on any atom is -0.465 e. The molecular formula is C13H22N2O2. The Bertz CT molecular complexity index is 299. The Balaban J connectivity index is 1.49. The maximum Gasteiger partial charge on any atom is 0.320 e. The van der Waals surface area contributed by atoms with E-state index in [9.17, 15) is 4.79 Å². The van der Waals surface area contributed by atoms with Crippen LogP contribution in [0.25, 0.3) is 0 Å². The van der Waals surface area contributed by atoms with Gasteiger partial charge in [0.2, 0.25) is 0 Å². The predicted molar refractivity (Wildman–Crippen MR) is 64.7 cm³/mol. The molecule has 3 saturated heterocycles. The lowest BCUT2D eigenvalue weighted by Crippen LogP contribution is -2.62. The quantitative estimate of drug-likeness (QED) is 0.737. The highest BCUT2D eigenvalue weighted by molar-refractivity contribution is 5.71. The zero-order chi connectivity index (χ0) is 11.9. The number of hydrogen-bond acceptors (Lipinski definition) is 4. The first-order chi connectivity index (χ1) is 8.19. The summed E-state index contributed by atoms with van der Waals surface area (Å²) in [5, 5.41) is 3.68. The summed E-state index contributed by atoms with van der Waals surface area (Å²) in [6.07, 6.45) is 5.32. The van der Waals surface area contributed by atoms with Crippen molar-refractivity contribution in [2.45, 2.75) is 44.7 Å². The minimum atomic E-state index is -0.0701. The van der Waals surface area contributed by atoms with Gasteiger partial charge in [0.15, 0.2) is 0 Å². The van der Waals surface area contributed by atoms with Crippen LogP contribution in [0.15, 0.2) is 0 Å². The van der Waals surface area contributed by atoms with Crippen molar-refractivity contribution in [3.8, 4) is 0 Å². The summed E-state index contributed by atoms with van der Waals surface area (Å²) in [4.78, 5) is 13.6. The lowest BCUT2D eigenvalue weighted by molar-refractivity contribution is -0.148. The number of carbonyl (C=O) groups is 1. The van der Waals surface area contributed by atoms with Gasteiger partial charge in [-0.25, -0.2) is 0 Å². The third-order valence-corrected chi connectivity index (χ3v) is 4.47. The predicted octanol–water partition coefficient (Wildman–Crippen LogP) is 0.766. The minimum absolute atomic E-state index is 0.0701. The number of nitrogens with one attached hydrogen (secondary N) is 1. The van der Waals surface area contributed by atoms with Crippen LogP contribution in [0, 0.1) is 5.41 Å². The van der Waals surface area contributed by atoms with Crippen molar-refractivity contribution in [1.29, 1.82) is 0 Å². The monoisotopic (exact) mass is 238 g/mol. The van der Waals surface area contributed by atoms with E-state index in [1.165, 1.54) is 25.7 Å². The molecule has 4 nitrogen and oxygen atoms in total. The molecule has 3 fully saturated rings. The molecule has 3 aliphatic heterocycles. The first kappa shape index (κ1) is 11.5. The largest absolute Gasteiger partial charge is 0.465 e. The van der Waals surface area contributed by atoms with E-state index >= 15 is 0 Å². The summed E-state index contributed by atoms with van der Waals surface area (Å²) in [6.45, 7) is 5.03. The van der Waals surface area contributed by atoms with E-state index in [-0.39, 0.29) is 5.97 Å². The Morgan fingerprint density at radius 3 is 2.59 bits per heavy atom. The maximum atomic E-state index is 11.4. The summed E-state index contributed by atoms with van der Waals surface area (Å²) >= 11 is 0. The fraction of sp³-hybridized carbons (Fsp3) is 0.923. The number of likely N-dealkylation sites (tertiary alicyclic amines) is 1. The highest BCUT2D eigenvalue weighted by atomic mass is 16.5. The van der Waals surface area contributed by atoms with Crippen LogP contribution in [0.2, 0.25) is 0 Å². The SMILES string of the molecule is CCOC(=O)CN1CC2(C[C@H]3CC[C@@H](C2)N3)C1. The summed E-state index contributed by atoms with van der Waals surface area (Å²) in [5.41, 5.74) is 0.517. The Labute approximate surface area is 103 Å². The molecule has 3 aliphatic rings. The van der Waals surface area contributed by atoms with Gasteiger partial charge in [0.25, 0.3) is 0 Å². The molecule has 0 aromatic heterocycles. The van der Waals surface area contributed by atoms with Crippen molar-refractivity contribution in [2.24, 2.45) is 5.41 Å². The number of fused-ring (bicyclic) bond motifs is 2. The third kappa shape index (κ3) is 2.20. The lowest BCUT2D eigenvalue weighted by Gasteiger charge is -2.54. The number of piperidine rings is 1. The molecule has 0 radical (unpaired) electrons. The number of ether oxygens (including phenoxy) is 1. The van der Waals surface area contributed by atoms with Gasteiger partial charge in [-0.05, 0) is 38.0 Å². The molecule has 0 saturated carbocycles. The first-order valence-corrected chi connectivity index (χ1v) is 6.83. The van der Waals surface area contributed by atoms with E-state index in [1.54, 1.807) is 0 Å². The molecule has 0 unspecified atom stereocenters. The zero-order valence-electron chi connectivity index (χ0n) is 10.6.